The Morgan fingerprint density at radius 1 is 1.35 bits per heavy atom. The molecular formula is C19H25N2O2+. The number of piperidine rings is 1. The van der Waals surface area contributed by atoms with Crippen molar-refractivity contribution in [2.75, 3.05) is 6.54 Å². The van der Waals surface area contributed by atoms with Gasteiger partial charge in [-0.3, -0.25) is 9.59 Å². The van der Waals surface area contributed by atoms with Gasteiger partial charge in [0.05, 0.1) is 18.2 Å². The maximum atomic E-state index is 13.0. The summed E-state index contributed by atoms with van der Waals surface area (Å²) >= 11 is 0. The Morgan fingerprint density at radius 3 is 2.83 bits per heavy atom. The van der Waals surface area contributed by atoms with Crippen LogP contribution in [0.2, 0.25) is 0 Å². The number of likely N-dealkylation sites (tertiary alicyclic amines) is 1. The highest BCUT2D eigenvalue weighted by molar-refractivity contribution is 5.97. The molecule has 0 spiro atoms. The SMILES string of the molecule is CC(=O)c1ccc2[nH]c(C)c(C[NH+]3CCCC[C@@H]3C)c(=O)c2c1. The van der Waals surface area contributed by atoms with E-state index in [1.165, 1.54) is 31.1 Å². The van der Waals surface area contributed by atoms with E-state index in [2.05, 4.69) is 11.9 Å². The summed E-state index contributed by atoms with van der Waals surface area (Å²) in [5, 5.41) is 0.627. The average molecular weight is 313 g/mol. The van der Waals surface area contributed by atoms with Gasteiger partial charge in [0, 0.05) is 22.2 Å². The number of ketones is 1. The Hall–Kier alpha value is -1.94. The van der Waals surface area contributed by atoms with Gasteiger partial charge in [-0.25, -0.2) is 0 Å². The van der Waals surface area contributed by atoms with Crippen LogP contribution in [0, 0.1) is 6.92 Å². The monoisotopic (exact) mass is 313 g/mol. The summed E-state index contributed by atoms with van der Waals surface area (Å²) < 4.78 is 0. The molecular weight excluding hydrogens is 288 g/mol. The Morgan fingerprint density at radius 2 is 2.13 bits per heavy atom. The average Bonchev–Trinajstić information content (AvgIpc) is 2.52. The molecule has 122 valence electrons. The van der Waals surface area contributed by atoms with Crippen molar-refractivity contribution in [3.63, 3.8) is 0 Å². The molecule has 2 aromatic rings. The minimum Gasteiger partial charge on any atom is -0.358 e. The number of aromatic nitrogens is 1. The molecule has 0 radical (unpaired) electrons. The number of fused-ring (bicyclic) bond motifs is 1. The van der Waals surface area contributed by atoms with Crippen molar-refractivity contribution in [2.24, 2.45) is 0 Å². The van der Waals surface area contributed by atoms with Crippen LogP contribution in [0.1, 0.15) is 54.7 Å². The highest BCUT2D eigenvalue weighted by Gasteiger charge is 2.24. The summed E-state index contributed by atoms with van der Waals surface area (Å²) in [5.41, 5.74) is 3.29. The van der Waals surface area contributed by atoms with Crippen molar-refractivity contribution in [3.8, 4) is 0 Å². The van der Waals surface area contributed by atoms with E-state index >= 15 is 0 Å². The van der Waals surface area contributed by atoms with Crippen molar-refractivity contribution < 1.29 is 9.69 Å². The Balaban J connectivity index is 2.05. The zero-order chi connectivity index (χ0) is 16.6. The van der Waals surface area contributed by atoms with Crippen molar-refractivity contribution >= 4 is 16.7 Å². The van der Waals surface area contributed by atoms with Crippen molar-refractivity contribution in [3.05, 3.63) is 45.2 Å². The number of hydrogen-bond acceptors (Lipinski definition) is 2. The fourth-order valence-electron chi connectivity index (χ4n) is 3.63. The fourth-order valence-corrected chi connectivity index (χ4v) is 3.63. The second kappa shape index (κ2) is 6.28. The van der Waals surface area contributed by atoms with Gasteiger partial charge in [0.2, 0.25) is 0 Å². The lowest BCUT2D eigenvalue weighted by Crippen LogP contribution is -3.15. The van der Waals surface area contributed by atoms with Gasteiger partial charge in [-0.1, -0.05) is 0 Å². The molecule has 2 N–H and O–H groups in total. The van der Waals surface area contributed by atoms with Crippen LogP contribution in [-0.4, -0.2) is 23.4 Å². The fraction of sp³-hybridized carbons (Fsp3) is 0.474. The number of aromatic amines is 1. The van der Waals surface area contributed by atoms with Gasteiger partial charge >= 0.3 is 0 Å². The summed E-state index contributed by atoms with van der Waals surface area (Å²) in [5.74, 6) is -0.0105. The molecule has 23 heavy (non-hydrogen) atoms. The zero-order valence-electron chi connectivity index (χ0n) is 14.2. The number of benzene rings is 1. The number of carbonyl (C=O) groups is 1. The third-order valence-corrected chi connectivity index (χ3v) is 5.21. The lowest BCUT2D eigenvalue weighted by molar-refractivity contribution is -0.942. The van der Waals surface area contributed by atoms with E-state index in [1.54, 1.807) is 12.1 Å². The minimum absolute atomic E-state index is 0.0105. The summed E-state index contributed by atoms with van der Waals surface area (Å²) in [4.78, 5) is 29.4. The number of pyridine rings is 1. The van der Waals surface area contributed by atoms with Gasteiger partial charge in [0.15, 0.2) is 11.2 Å². The highest BCUT2D eigenvalue weighted by Crippen LogP contribution is 2.14. The molecule has 0 saturated carbocycles. The van der Waals surface area contributed by atoms with Crippen molar-refractivity contribution in [1.82, 2.24) is 4.98 Å². The molecule has 0 bridgehead atoms. The van der Waals surface area contributed by atoms with E-state index in [0.29, 0.717) is 17.0 Å². The number of carbonyl (C=O) groups excluding carboxylic acids is 1. The quantitative estimate of drug-likeness (QED) is 0.852. The molecule has 1 fully saturated rings. The number of H-pyrrole nitrogens is 1. The van der Waals surface area contributed by atoms with E-state index in [0.717, 1.165) is 29.9 Å². The molecule has 1 aliphatic rings. The Bertz CT molecular complexity index is 807. The number of quaternary nitrogens is 1. The standard InChI is InChI=1S/C19H24N2O2/c1-12-6-4-5-9-21(12)11-17-13(2)20-18-8-7-15(14(3)22)10-16(18)19(17)23/h7-8,10,12H,4-6,9,11H2,1-3H3,(H,20,23)/p+1/t12-/m0/s1. The smallest absolute Gasteiger partial charge is 0.198 e. The van der Waals surface area contributed by atoms with Crippen molar-refractivity contribution in [2.45, 2.75) is 52.6 Å². The van der Waals surface area contributed by atoms with Crippen LogP contribution in [0.5, 0.6) is 0 Å². The van der Waals surface area contributed by atoms with Crippen LogP contribution >= 0.6 is 0 Å². The lowest BCUT2D eigenvalue weighted by atomic mass is 10.0. The van der Waals surface area contributed by atoms with Gasteiger partial charge in [-0.15, -0.1) is 0 Å². The second-order valence-electron chi connectivity index (χ2n) is 6.86. The maximum absolute atomic E-state index is 13.0. The molecule has 2 atom stereocenters. The first-order valence-electron chi connectivity index (χ1n) is 8.48. The van der Waals surface area contributed by atoms with Crippen LogP contribution in [0.4, 0.5) is 0 Å². The van der Waals surface area contributed by atoms with E-state index in [-0.39, 0.29) is 11.2 Å². The summed E-state index contributed by atoms with van der Waals surface area (Å²) in [6, 6.07) is 5.94. The van der Waals surface area contributed by atoms with Gasteiger partial charge < -0.3 is 9.88 Å². The van der Waals surface area contributed by atoms with E-state index < -0.39 is 0 Å². The maximum Gasteiger partial charge on any atom is 0.198 e. The normalized spacial score (nSPS) is 21.5. The summed E-state index contributed by atoms with van der Waals surface area (Å²) in [6.45, 7) is 7.67. The topological polar surface area (TPSA) is 54.4 Å². The largest absolute Gasteiger partial charge is 0.358 e. The number of Topliss-reactive ketones (excluding diaryl/α,β-unsaturated/α-hetero) is 1. The first-order valence-corrected chi connectivity index (χ1v) is 8.48. The second-order valence-corrected chi connectivity index (χ2v) is 6.86. The summed E-state index contributed by atoms with van der Waals surface area (Å²) in [6.07, 6.45) is 3.76. The predicted molar refractivity (Wildman–Crippen MR) is 92.2 cm³/mol. The first-order chi connectivity index (χ1) is 11.0. The molecule has 1 unspecified atom stereocenters. The van der Waals surface area contributed by atoms with Crippen LogP contribution in [0.25, 0.3) is 10.9 Å². The third-order valence-electron chi connectivity index (χ3n) is 5.21. The molecule has 0 amide bonds. The Kier molecular flexibility index (Phi) is 4.35. The molecule has 1 aromatic heterocycles. The summed E-state index contributed by atoms with van der Waals surface area (Å²) in [7, 11) is 0. The molecule has 4 nitrogen and oxygen atoms in total. The van der Waals surface area contributed by atoms with Crippen LogP contribution < -0.4 is 10.3 Å². The van der Waals surface area contributed by atoms with Gasteiger partial charge in [-0.05, 0) is 58.2 Å². The number of nitrogens with one attached hydrogen (secondary N) is 2. The minimum atomic E-state index is -0.0105. The highest BCUT2D eigenvalue weighted by atomic mass is 16.1. The third kappa shape index (κ3) is 3.08. The molecule has 1 saturated heterocycles. The van der Waals surface area contributed by atoms with Gasteiger partial charge in [-0.2, -0.15) is 0 Å². The van der Waals surface area contributed by atoms with Crippen LogP contribution in [-0.2, 0) is 6.54 Å². The zero-order valence-corrected chi connectivity index (χ0v) is 14.2. The number of aryl methyl sites for hydroxylation is 1. The van der Waals surface area contributed by atoms with Gasteiger partial charge in [0.1, 0.15) is 6.54 Å². The van der Waals surface area contributed by atoms with Crippen molar-refractivity contribution in [1.29, 1.82) is 0 Å². The molecule has 1 aromatic carbocycles. The molecule has 1 aliphatic heterocycles. The molecule has 4 heteroatoms. The Labute approximate surface area is 136 Å². The van der Waals surface area contributed by atoms with Crippen LogP contribution in [0.15, 0.2) is 23.0 Å². The molecule has 3 rings (SSSR count). The molecule has 2 heterocycles. The number of rotatable bonds is 3. The van der Waals surface area contributed by atoms with Crippen LogP contribution in [0.3, 0.4) is 0 Å². The van der Waals surface area contributed by atoms with E-state index in [4.69, 9.17) is 0 Å². The van der Waals surface area contributed by atoms with E-state index in [1.807, 2.05) is 13.0 Å². The lowest BCUT2D eigenvalue weighted by Gasteiger charge is -2.30. The van der Waals surface area contributed by atoms with Gasteiger partial charge in [0.25, 0.3) is 0 Å². The van der Waals surface area contributed by atoms with E-state index in [9.17, 15) is 9.59 Å². The predicted octanol–water partition coefficient (Wildman–Crippen LogP) is 2.00. The number of hydrogen-bond donors (Lipinski definition) is 2. The molecule has 0 aliphatic carbocycles. The first kappa shape index (κ1) is 15.9.